The Balaban J connectivity index is 1.48. The first-order chi connectivity index (χ1) is 14.1. The second-order valence-electron chi connectivity index (χ2n) is 6.22. The number of nitrogens with one attached hydrogen (secondary N) is 1. The van der Waals surface area contributed by atoms with E-state index >= 15 is 0 Å². The minimum absolute atomic E-state index is 0.142. The van der Waals surface area contributed by atoms with Crippen LogP contribution < -0.4 is 5.32 Å². The number of hydrogen-bond donors (Lipinski definition) is 1. The van der Waals surface area contributed by atoms with Gasteiger partial charge in [0.15, 0.2) is 0 Å². The van der Waals surface area contributed by atoms with Gasteiger partial charge in [0.2, 0.25) is 11.7 Å². The second-order valence-corrected chi connectivity index (χ2v) is 7.20. The van der Waals surface area contributed by atoms with Gasteiger partial charge in [-0.2, -0.15) is 4.80 Å². The van der Waals surface area contributed by atoms with Gasteiger partial charge in [-0.05, 0) is 58.6 Å². The molecule has 0 aliphatic heterocycles. The van der Waals surface area contributed by atoms with E-state index in [2.05, 4.69) is 20.7 Å². The summed E-state index contributed by atoms with van der Waals surface area (Å²) < 4.78 is 26.3. The molecular formula is C20H15F2N5OS. The van der Waals surface area contributed by atoms with Crippen LogP contribution in [0.4, 0.5) is 8.78 Å². The van der Waals surface area contributed by atoms with E-state index < -0.39 is 6.04 Å². The predicted octanol–water partition coefficient (Wildman–Crippen LogP) is 3.59. The molecule has 2 aromatic heterocycles. The minimum atomic E-state index is -0.414. The third-order valence-corrected chi connectivity index (χ3v) is 5.11. The lowest BCUT2D eigenvalue weighted by Gasteiger charge is -2.18. The van der Waals surface area contributed by atoms with Crippen LogP contribution >= 0.6 is 11.3 Å². The first-order valence-electron chi connectivity index (χ1n) is 8.70. The van der Waals surface area contributed by atoms with Crippen molar-refractivity contribution >= 4 is 17.2 Å². The third kappa shape index (κ3) is 4.52. The molecule has 0 radical (unpaired) electrons. The first kappa shape index (κ1) is 18.9. The molecule has 0 spiro atoms. The smallest absolute Gasteiger partial charge is 0.244 e. The van der Waals surface area contributed by atoms with E-state index in [4.69, 9.17) is 0 Å². The molecule has 0 bridgehead atoms. The van der Waals surface area contributed by atoms with Gasteiger partial charge < -0.3 is 5.32 Å². The molecule has 1 atom stereocenters. The van der Waals surface area contributed by atoms with Crippen LogP contribution in [0.15, 0.2) is 66.0 Å². The zero-order valence-electron chi connectivity index (χ0n) is 15.0. The molecule has 1 amide bonds. The van der Waals surface area contributed by atoms with Crippen molar-refractivity contribution in [3.05, 3.63) is 88.1 Å². The highest BCUT2D eigenvalue weighted by Gasteiger charge is 2.19. The van der Waals surface area contributed by atoms with Crippen LogP contribution in [0.25, 0.3) is 11.4 Å². The second kappa shape index (κ2) is 8.27. The summed E-state index contributed by atoms with van der Waals surface area (Å²) >= 11 is 1.49. The van der Waals surface area contributed by atoms with Gasteiger partial charge in [0.25, 0.3) is 0 Å². The highest BCUT2D eigenvalue weighted by molar-refractivity contribution is 7.10. The van der Waals surface area contributed by atoms with Crippen LogP contribution in [0.5, 0.6) is 0 Å². The molecule has 0 fully saturated rings. The van der Waals surface area contributed by atoms with Crippen LogP contribution in [0.2, 0.25) is 0 Å². The Morgan fingerprint density at radius 2 is 1.72 bits per heavy atom. The number of aromatic nitrogens is 4. The molecule has 2 aromatic carbocycles. The highest BCUT2D eigenvalue weighted by atomic mass is 32.1. The van der Waals surface area contributed by atoms with E-state index in [1.165, 1.54) is 52.5 Å². The summed E-state index contributed by atoms with van der Waals surface area (Å²) in [6.07, 6.45) is 0. The molecule has 0 unspecified atom stereocenters. The Hall–Kier alpha value is -3.46. The highest BCUT2D eigenvalue weighted by Crippen LogP contribution is 2.26. The maximum atomic E-state index is 13.3. The summed E-state index contributed by atoms with van der Waals surface area (Å²) in [6, 6.07) is 15.1. The van der Waals surface area contributed by atoms with E-state index in [1.54, 1.807) is 12.1 Å². The number of halogens is 2. The van der Waals surface area contributed by atoms with Crippen LogP contribution in [0, 0.1) is 11.6 Å². The number of tetrazole rings is 1. The van der Waals surface area contributed by atoms with E-state index in [0.717, 1.165) is 10.4 Å². The van der Waals surface area contributed by atoms with E-state index in [-0.39, 0.29) is 24.1 Å². The van der Waals surface area contributed by atoms with Gasteiger partial charge in [-0.1, -0.05) is 18.2 Å². The van der Waals surface area contributed by atoms with Gasteiger partial charge in [0.1, 0.15) is 18.2 Å². The zero-order chi connectivity index (χ0) is 20.2. The van der Waals surface area contributed by atoms with Crippen LogP contribution in [-0.2, 0) is 11.3 Å². The SMILES string of the molecule is O=C(Cn1nnc(-c2ccc(F)cc2)n1)N[C@@H](c1ccc(F)cc1)c1cccs1. The molecule has 9 heteroatoms. The molecular weight excluding hydrogens is 396 g/mol. The van der Waals surface area contributed by atoms with Gasteiger partial charge in [0, 0.05) is 10.4 Å². The summed E-state index contributed by atoms with van der Waals surface area (Å²) in [7, 11) is 0. The molecule has 146 valence electrons. The maximum absolute atomic E-state index is 13.3. The number of amides is 1. The van der Waals surface area contributed by atoms with Crippen LogP contribution in [0.1, 0.15) is 16.5 Å². The summed E-state index contributed by atoms with van der Waals surface area (Å²) in [5.41, 5.74) is 1.36. The number of nitrogens with zero attached hydrogens (tertiary/aromatic N) is 4. The van der Waals surface area contributed by atoms with Crippen LogP contribution in [-0.4, -0.2) is 26.1 Å². The topological polar surface area (TPSA) is 72.7 Å². The molecule has 1 N–H and O–H groups in total. The van der Waals surface area contributed by atoms with Gasteiger partial charge >= 0.3 is 0 Å². The van der Waals surface area contributed by atoms with Gasteiger partial charge in [-0.3, -0.25) is 4.79 Å². The van der Waals surface area contributed by atoms with Gasteiger partial charge in [-0.25, -0.2) is 8.78 Å². The Kier molecular flexibility index (Phi) is 5.39. The monoisotopic (exact) mass is 411 g/mol. The molecule has 0 saturated heterocycles. The molecule has 29 heavy (non-hydrogen) atoms. The number of carbonyl (C=O) groups is 1. The van der Waals surface area contributed by atoms with Crippen molar-refractivity contribution < 1.29 is 13.6 Å². The fourth-order valence-corrected chi connectivity index (χ4v) is 3.59. The summed E-state index contributed by atoms with van der Waals surface area (Å²) in [5, 5.41) is 16.8. The fraction of sp³-hybridized carbons (Fsp3) is 0.100. The largest absolute Gasteiger partial charge is 0.343 e. The molecule has 4 aromatic rings. The van der Waals surface area contributed by atoms with Gasteiger partial charge in [0.05, 0.1) is 6.04 Å². The van der Waals surface area contributed by atoms with E-state index in [9.17, 15) is 13.6 Å². The molecule has 0 aliphatic rings. The number of hydrogen-bond acceptors (Lipinski definition) is 5. The molecule has 0 aliphatic carbocycles. The summed E-state index contributed by atoms with van der Waals surface area (Å²) in [6.45, 7) is -0.142. The van der Waals surface area contributed by atoms with Crippen molar-refractivity contribution in [2.24, 2.45) is 0 Å². The molecule has 0 saturated carbocycles. The summed E-state index contributed by atoms with van der Waals surface area (Å²) in [4.78, 5) is 14.7. The summed E-state index contributed by atoms with van der Waals surface area (Å²) in [5.74, 6) is -0.729. The number of thiophene rings is 1. The van der Waals surface area contributed by atoms with Crippen molar-refractivity contribution in [2.75, 3.05) is 0 Å². The van der Waals surface area contributed by atoms with Crippen molar-refractivity contribution in [1.29, 1.82) is 0 Å². The van der Waals surface area contributed by atoms with Crippen molar-refractivity contribution in [3.63, 3.8) is 0 Å². The molecule has 4 rings (SSSR count). The first-order valence-corrected chi connectivity index (χ1v) is 9.58. The lowest BCUT2D eigenvalue weighted by Crippen LogP contribution is -2.32. The average Bonchev–Trinajstić information content (AvgIpc) is 3.40. The van der Waals surface area contributed by atoms with Crippen molar-refractivity contribution in [2.45, 2.75) is 12.6 Å². The Labute approximate surface area is 168 Å². The minimum Gasteiger partial charge on any atom is -0.343 e. The third-order valence-electron chi connectivity index (χ3n) is 4.18. The zero-order valence-corrected chi connectivity index (χ0v) is 15.8. The van der Waals surface area contributed by atoms with Gasteiger partial charge in [-0.15, -0.1) is 21.5 Å². The normalized spacial score (nSPS) is 11.9. The molecule has 2 heterocycles. The quantitative estimate of drug-likeness (QED) is 0.526. The van der Waals surface area contributed by atoms with Crippen molar-refractivity contribution in [1.82, 2.24) is 25.5 Å². The lowest BCUT2D eigenvalue weighted by atomic mass is 10.1. The number of carbonyl (C=O) groups excluding carboxylic acids is 1. The molecule has 6 nitrogen and oxygen atoms in total. The standard InChI is InChI=1S/C20H15F2N5OS/c21-15-7-3-13(4-8-15)19(17-2-1-11-29-17)23-18(28)12-27-25-20(24-26-27)14-5-9-16(22)10-6-14/h1-11,19H,12H2,(H,23,28)/t19-/m0/s1. The van der Waals surface area contributed by atoms with Crippen molar-refractivity contribution in [3.8, 4) is 11.4 Å². The Bertz CT molecular complexity index is 1090. The number of rotatable bonds is 6. The Morgan fingerprint density at radius 1 is 1.03 bits per heavy atom. The lowest BCUT2D eigenvalue weighted by molar-refractivity contribution is -0.122. The van der Waals surface area contributed by atoms with E-state index in [0.29, 0.717) is 11.4 Å². The fourth-order valence-electron chi connectivity index (χ4n) is 2.79. The predicted molar refractivity (Wildman–Crippen MR) is 104 cm³/mol. The average molecular weight is 411 g/mol. The maximum Gasteiger partial charge on any atom is 0.244 e. The number of benzene rings is 2. The van der Waals surface area contributed by atoms with E-state index in [1.807, 2.05) is 17.5 Å². The van der Waals surface area contributed by atoms with Crippen LogP contribution in [0.3, 0.4) is 0 Å². The Morgan fingerprint density at radius 3 is 2.38 bits per heavy atom.